The van der Waals surface area contributed by atoms with Crippen LogP contribution >= 0.6 is 0 Å². The number of piperazine rings is 1. The number of nitrogens with zero attached hydrogens (tertiary/aromatic N) is 4. The molecule has 0 aromatic carbocycles. The molecule has 3 heterocycles. The highest BCUT2D eigenvalue weighted by molar-refractivity contribution is 5.95. The Morgan fingerprint density at radius 1 is 1.44 bits per heavy atom. The van der Waals surface area contributed by atoms with Crippen LogP contribution in [0.5, 0.6) is 0 Å². The predicted octanol–water partition coefficient (Wildman–Crippen LogP) is -0.555. The number of carbonyl (C=O) groups is 2. The highest BCUT2D eigenvalue weighted by Crippen LogP contribution is 2.23. The van der Waals surface area contributed by atoms with Crippen molar-refractivity contribution in [2.24, 2.45) is 0 Å². The SMILES string of the molecule is O=C1C2CCCN2C(=O)CN1CCc1ncno1. The molecule has 2 saturated heterocycles. The number of amides is 2. The van der Waals surface area contributed by atoms with Crippen LogP contribution in [0.2, 0.25) is 0 Å². The van der Waals surface area contributed by atoms with Crippen LogP contribution in [0.15, 0.2) is 10.9 Å². The lowest BCUT2D eigenvalue weighted by Gasteiger charge is -2.36. The molecular weight excluding hydrogens is 236 g/mol. The van der Waals surface area contributed by atoms with Gasteiger partial charge in [-0.3, -0.25) is 9.59 Å². The van der Waals surface area contributed by atoms with E-state index in [-0.39, 0.29) is 24.4 Å². The average molecular weight is 250 g/mol. The zero-order valence-electron chi connectivity index (χ0n) is 9.91. The third-order valence-corrected chi connectivity index (χ3v) is 3.50. The first-order valence-corrected chi connectivity index (χ1v) is 6.09. The Morgan fingerprint density at radius 2 is 2.33 bits per heavy atom. The molecule has 0 bridgehead atoms. The highest BCUT2D eigenvalue weighted by atomic mass is 16.5. The Kier molecular flexibility index (Phi) is 2.73. The van der Waals surface area contributed by atoms with Crippen LogP contribution in [0.25, 0.3) is 0 Å². The molecule has 0 radical (unpaired) electrons. The Bertz CT molecular complexity index is 459. The minimum absolute atomic E-state index is 0.0441. The molecule has 0 N–H and O–H groups in total. The van der Waals surface area contributed by atoms with Gasteiger partial charge in [0.1, 0.15) is 6.04 Å². The van der Waals surface area contributed by atoms with Crippen molar-refractivity contribution in [3.05, 3.63) is 12.2 Å². The fraction of sp³-hybridized carbons (Fsp3) is 0.636. The Balaban J connectivity index is 1.65. The lowest BCUT2D eigenvalue weighted by molar-refractivity contribution is -0.153. The molecule has 96 valence electrons. The summed E-state index contributed by atoms with van der Waals surface area (Å²) >= 11 is 0. The average Bonchev–Trinajstić information content (AvgIpc) is 3.01. The molecule has 0 aliphatic carbocycles. The number of hydrogen-bond donors (Lipinski definition) is 0. The standard InChI is InChI=1S/C11H14N4O3/c16-10-6-14(5-3-9-12-7-13-18-9)11(17)8-2-1-4-15(8)10/h7-8H,1-6H2. The summed E-state index contributed by atoms with van der Waals surface area (Å²) in [7, 11) is 0. The van der Waals surface area contributed by atoms with Crippen LogP contribution in [0.3, 0.4) is 0 Å². The van der Waals surface area contributed by atoms with Crippen molar-refractivity contribution in [2.75, 3.05) is 19.6 Å². The van der Waals surface area contributed by atoms with Crippen molar-refractivity contribution >= 4 is 11.8 Å². The summed E-state index contributed by atoms with van der Waals surface area (Å²) in [5, 5.41) is 3.51. The summed E-state index contributed by atoms with van der Waals surface area (Å²) in [6, 6.07) is -0.242. The molecule has 7 nitrogen and oxygen atoms in total. The van der Waals surface area contributed by atoms with Crippen LogP contribution in [0.1, 0.15) is 18.7 Å². The monoisotopic (exact) mass is 250 g/mol. The van der Waals surface area contributed by atoms with Crippen LogP contribution in [-0.2, 0) is 16.0 Å². The fourth-order valence-corrected chi connectivity index (χ4v) is 2.59. The molecule has 2 aliphatic rings. The molecule has 0 saturated carbocycles. The van der Waals surface area contributed by atoms with Crippen molar-refractivity contribution in [1.29, 1.82) is 0 Å². The van der Waals surface area contributed by atoms with Gasteiger partial charge in [-0.25, -0.2) is 0 Å². The summed E-state index contributed by atoms with van der Waals surface area (Å²) in [4.78, 5) is 31.2. The van der Waals surface area contributed by atoms with Gasteiger partial charge in [-0.15, -0.1) is 0 Å². The number of carbonyl (C=O) groups excluding carboxylic acids is 2. The summed E-state index contributed by atoms with van der Waals surface area (Å²) in [5.74, 6) is 0.582. The Labute approximate surface area is 104 Å². The van der Waals surface area contributed by atoms with Gasteiger partial charge < -0.3 is 14.3 Å². The number of fused-ring (bicyclic) bond motifs is 1. The van der Waals surface area contributed by atoms with Gasteiger partial charge in [-0.1, -0.05) is 5.16 Å². The van der Waals surface area contributed by atoms with E-state index in [1.807, 2.05) is 0 Å². The van der Waals surface area contributed by atoms with Gasteiger partial charge in [0.15, 0.2) is 6.33 Å². The van der Waals surface area contributed by atoms with E-state index >= 15 is 0 Å². The molecule has 1 aromatic heterocycles. The molecule has 1 unspecified atom stereocenters. The zero-order valence-corrected chi connectivity index (χ0v) is 9.91. The number of rotatable bonds is 3. The number of aromatic nitrogens is 2. The second-order valence-corrected chi connectivity index (χ2v) is 4.59. The smallest absolute Gasteiger partial charge is 0.245 e. The first kappa shape index (κ1) is 11.2. The van der Waals surface area contributed by atoms with E-state index in [2.05, 4.69) is 10.1 Å². The van der Waals surface area contributed by atoms with Gasteiger partial charge in [0, 0.05) is 19.5 Å². The molecule has 7 heteroatoms. The second kappa shape index (κ2) is 4.40. The summed E-state index contributed by atoms with van der Waals surface area (Å²) in [6.45, 7) is 1.34. The molecule has 1 aromatic rings. The lowest BCUT2D eigenvalue weighted by atomic mass is 10.1. The summed E-state index contributed by atoms with van der Waals surface area (Å²) < 4.78 is 4.88. The first-order valence-electron chi connectivity index (χ1n) is 6.09. The van der Waals surface area contributed by atoms with Crippen molar-refractivity contribution in [1.82, 2.24) is 19.9 Å². The maximum absolute atomic E-state index is 12.2. The minimum atomic E-state index is -0.242. The number of hydrogen-bond acceptors (Lipinski definition) is 5. The van der Waals surface area contributed by atoms with Crippen LogP contribution in [0.4, 0.5) is 0 Å². The van der Waals surface area contributed by atoms with Crippen molar-refractivity contribution in [2.45, 2.75) is 25.3 Å². The van der Waals surface area contributed by atoms with E-state index in [0.29, 0.717) is 25.4 Å². The van der Waals surface area contributed by atoms with Crippen molar-refractivity contribution < 1.29 is 14.1 Å². The van der Waals surface area contributed by atoms with Gasteiger partial charge in [-0.2, -0.15) is 4.98 Å². The maximum atomic E-state index is 12.2. The Morgan fingerprint density at radius 3 is 3.11 bits per heavy atom. The van der Waals surface area contributed by atoms with Gasteiger partial charge >= 0.3 is 0 Å². The third kappa shape index (κ3) is 1.85. The molecule has 0 spiro atoms. The van der Waals surface area contributed by atoms with Crippen molar-refractivity contribution in [3.8, 4) is 0 Å². The normalized spacial score (nSPS) is 23.7. The van der Waals surface area contributed by atoms with E-state index in [4.69, 9.17) is 4.52 Å². The molecule has 2 amide bonds. The third-order valence-electron chi connectivity index (χ3n) is 3.50. The molecule has 1 atom stereocenters. The van der Waals surface area contributed by atoms with Crippen molar-refractivity contribution in [3.63, 3.8) is 0 Å². The first-order chi connectivity index (χ1) is 8.75. The van der Waals surface area contributed by atoms with E-state index < -0.39 is 0 Å². The summed E-state index contributed by atoms with van der Waals surface area (Å²) in [6.07, 6.45) is 3.52. The molecule has 3 rings (SSSR count). The fourth-order valence-electron chi connectivity index (χ4n) is 2.59. The van der Waals surface area contributed by atoms with Crippen LogP contribution in [-0.4, -0.2) is 57.4 Å². The zero-order chi connectivity index (χ0) is 12.5. The predicted molar refractivity (Wildman–Crippen MR) is 59.3 cm³/mol. The molecular formula is C11H14N4O3. The topological polar surface area (TPSA) is 79.5 Å². The van der Waals surface area contributed by atoms with Crippen LogP contribution in [0, 0.1) is 0 Å². The van der Waals surface area contributed by atoms with E-state index in [9.17, 15) is 9.59 Å². The maximum Gasteiger partial charge on any atom is 0.245 e. The quantitative estimate of drug-likeness (QED) is 0.718. The molecule has 18 heavy (non-hydrogen) atoms. The Hall–Kier alpha value is -1.92. The van der Waals surface area contributed by atoms with Gasteiger partial charge in [0.05, 0.1) is 6.54 Å². The van der Waals surface area contributed by atoms with E-state index in [1.165, 1.54) is 6.33 Å². The minimum Gasteiger partial charge on any atom is -0.340 e. The largest absolute Gasteiger partial charge is 0.340 e. The lowest BCUT2D eigenvalue weighted by Crippen LogP contribution is -2.57. The second-order valence-electron chi connectivity index (χ2n) is 4.59. The van der Waals surface area contributed by atoms with E-state index in [1.54, 1.807) is 9.80 Å². The van der Waals surface area contributed by atoms with Crippen LogP contribution < -0.4 is 0 Å². The summed E-state index contributed by atoms with van der Waals surface area (Å²) in [5.41, 5.74) is 0. The van der Waals surface area contributed by atoms with E-state index in [0.717, 1.165) is 12.8 Å². The highest BCUT2D eigenvalue weighted by Gasteiger charge is 2.41. The molecule has 2 fully saturated rings. The van der Waals surface area contributed by atoms with Gasteiger partial charge in [0.25, 0.3) is 0 Å². The molecule has 2 aliphatic heterocycles. The van der Waals surface area contributed by atoms with Gasteiger partial charge in [-0.05, 0) is 12.8 Å². The van der Waals surface area contributed by atoms with Gasteiger partial charge in [0.2, 0.25) is 17.7 Å².